The molecule has 1 aromatic carbocycles. The molecule has 2 N–H and O–H groups in total. The van der Waals surface area contributed by atoms with E-state index in [0.29, 0.717) is 23.4 Å². The topological polar surface area (TPSA) is 80.3 Å². The number of aromatic nitrogens is 1. The molecule has 1 aliphatic heterocycles. The molecule has 3 aromatic rings. The van der Waals surface area contributed by atoms with Gasteiger partial charge in [0.15, 0.2) is 5.78 Å². The zero-order valence-corrected chi connectivity index (χ0v) is 19.8. The van der Waals surface area contributed by atoms with E-state index in [1.165, 1.54) is 4.88 Å². The number of ketones is 1. The number of thiophene rings is 1. The molecule has 7 heteroatoms. The number of hydrogen-bond donors (Lipinski definition) is 2. The molecule has 1 amide bonds. The predicted octanol–water partition coefficient (Wildman–Crippen LogP) is 5.15. The first-order valence-corrected chi connectivity index (χ1v) is 12.1. The van der Waals surface area contributed by atoms with Gasteiger partial charge in [-0.1, -0.05) is 24.3 Å². The fourth-order valence-corrected chi connectivity index (χ4v) is 5.65. The van der Waals surface area contributed by atoms with Crippen LogP contribution in [0.4, 0.5) is 5.82 Å². The number of carbonyl (C=O) groups is 2. The minimum atomic E-state index is -0.470. The number of anilines is 1. The zero-order chi connectivity index (χ0) is 23.7. The predicted molar refractivity (Wildman–Crippen MR) is 133 cm³/mol. The summed E-state index contributed by atoms with van der Waals surface area (Å²) in [5.41, 5.74) is 3.73. The van der Waals surface area contributed by atoms with Crippen LogP contribution in [0.25, 0.3) is 0 Å². The van der Waals surface area contributed by atoms with Gasteiger partial charge in [-0.25, -0.2) is 4.98 Å². The molecule has 0 saturated heterocycles. The Balaban J connectivity index is 1.57. The minimum Gasteiger partial charge on any atom is -0.497 e. The fraction of sp³-hybridized carbons (Fsp3) is 0.222. The third-order valence-corrected chi connectivity index (χ3v) is 7.41. The second kappa shape index (κ2) is 9.27. The first-order valence-electron chi connectivity index (χ1n) is 11.2. The molecule has 0 spiro atoms. The minimum absolute atomic E-state index is 0.0728. The lowest BCUT2D eigenvalue weighted by Gasteiger charge is -2.36. The van der Waals surface area contributed by atoms with Crippen molar-refractivity contribution in [3.05, 3.63) is 99.2 Å². The van der Waals surface area contributed by atoms with Gasteiger partial charge in [0.1, 0.15) is 11.6 Å². The van der Waals surface area contributed by atoms with E-state index in [9.17, 15) is 9.59 Å². The van der Waals surface area contributed by atoms with Crippen molar-refractivity contribution in [3.63, 3.8) is 0 Å². The summed E-state index contributed by atoms with van der Waals surface area (Å²) >= 11 is 1.68. The number of benzene rings is 1. The van der Waals surface area contributed by atoms with Crippen molar-refractivity contribution in [3.8, 4) is 5.75 Å². The Labute approximate surface area is 202 Å². The molecule has 2 aromatic heterocycles. The summed E-state index contributed by atoms with van der Waals surface area (Å²) in [4.78, 5) is 32.5. The number of dihydropyridines is 1. The smallest absolute Gasteiger partial charge is 0.255 e. The number of rotatable bonds is 5. The number of carbonyl (C=O) groups excluding carboxylic acids is 2. The molecular formula is C27H25N3O3S. The molecule has 0 radical (unpaired) electrons. The van der Waals surface area contributed by atoms with Gasteiger partial charge in [0.25, 0.3) is 5.91 Å². The Hall–Kier alpha value is -3.71. The van der Waals surface area contributed by atoms with Crippen LogP contribution in [0.3, 0.4) is 0 Å². The number of methoxy groups -OCH3 is 1. The lowest BCUT2D eigenvalue weighted by Crippen LogP contribution is -2.37. The van der Waals surface area contributed by atoms with E-state index < -0.39 is 5.92 Å². The maximum absolute atomic E-state index is 13.6. The highest BCUT2D eigenvalue weighted by Crippen LogP contribution is 2.46. The van der Waals surface area contributed by atoms with E-state index in [2.05, 4.69) is 21.7 Å². The molecule has 0 saturated carbocycles. The number of Topliss-reactive ketones (excluding diaryl/α,β-unsaturated/α-hetero) is 1. The number of nitrogens with one attached hydrogen (secondary N) is 2. The summed E-state index contributed by atoms with van der Waals surface area (Å²) in [6, 6.07) is 17.1. The molecule has 3 heterocycles. The highest BCUT2D eigenvalue weighted by molar-refractivity contribution is 7.10. The number of ether oxygens (including phenoxy) is 1. The molecule has 2 aliphatic rings. The van der Waals surface area contributed by atoms with Crippen LogP contribution in [-0.2, 0) is 9.59 Å². The van der Waals surface area contributed by atoms with E-state index in [1.54, 1.807) is 36.8 Å². The van der Waals surface area contributed by atoms with Crippen molar-refractivity contribution in [2.45, 2.75) is 31.6 Å². The van der Waals surface area contributed by atoms with Crippen LogP contribution < -0.4 is 15.4 Å². The van der Waals surface area contributed by atoms with Gasteiger partial charge in [0.05, 0.1) is 7.11 Å². The summed E-state index contributed by atoms with van der Waals surface area (Å²) in [5, 5.41) is 8.36. The number of nitrogens with zero attached hydrogens (tertiary/aromatic N) is 1. The third-order valence-electron chi connectivity index (χ3n) is 6.37. The average Bonchev–Trinajstić information content (AvgIpc) is 3.39. The van der Waals surface area contributed by atoms with Crippen LogP contribution in [0.5, 0.6) is 5.75 Å². The quantitative estimate of drug-likeness (QED) is 0.538. The van der Waals surface area contributed by atoms with Gasteiger partial charge < -0.3 is 15.4 Å². The van der Waals surface area contributed by atoms with E-state index in [-0.39, 0.29) is 17.6 Å². The monoisotopic (exact) mass is 471 g/mol. The molecule has 5 rings (SSSR count). The van der Waals surface area contributed by atoms with Gasteiger partial charge in [0.2, 0.25) is 0 Å². The van der Waals surface area contributed by atoms with Gasteiger partial charge in [0, 0.05) is 51.9 Å². The Morgan fingerprint density at radius 1 is 1.12 bits per heavy atom. The maximum Gasteiger partial charge on any atom is 0.255 e. The molecule has 34 heavy (non-hydrogen) atoms. The third kappa shape index (κ3) is 4.15. The normalized spacial score (nSPS) is 20.0. The standard InChI is InChI=1S/C27H25N3O3S/c1-16-24(27(32)30-23-7-3-4-12-28-23)25(17-8-10-19(33-2)11-9-17)26-20(29-16)14-18(15-21(26)31)22-6-5-13-34-22/h3-13,18,25,29H,14-15H2,1-2H3,(H,28,30,32)/t18-,25-/m1/s1. The first-order chi connectivity index (χ1) is 16.5. The largest absolute Gasteiger partial charge is 0.497 e. The van der Waals surface area contributed by atoms with Crippen LogP contribution >= 0.6 is 11.3 Å². The SMILES string of the molecule is COc1ccc([C@@H]2C(C(=O)Nc3ccccn3)=C(C)NC3=C2C(=O)C[C@H](c2cccs2)C3)cc1. The molecule has 0 fully saturated rings. The van der Waals surface area contributed by atoms with Crippen molar-refractivity contribution in [1.82, 2.24) is 10.3 Å². The van der Waals surface area contributed by atoms with Gasteiger partial charge in [-0.05, 0) is 54.6 Å². The van der Waals surface area contributed by atoms with Crippen LogP contribution in [-0.4, -0.2) is 23.8 Å². The first kappa shape index (κ1) is 22.1. The van der Waals surface area contributed by atoms with E-state index >= 15 is 0 Å². The number of allylic oxidation sites excluding steroid dienone is 3. The lowest BCUT2D eigenvalue weighted by molar-refractivity contribution is -0.116. The van der Waals surface area contributed by atoms with Crippen LogP contribution in [0.1, 0.15) is 42.0 Å². The molecule has 172 valence electrons. The summed E-state index contributed by atoms with van der Waals surface area (Å²) in [7, 11) is 1.62. The molecule has 2 atom stereocenters. The van der Waals surface area contributed by atoms with Crippen LogP contribution in [0, 0.1) is 0 Å². The van der Waals surface area contributed by atoms with Crippen LogP contribution in [0.2, 0.25) is 0 Å². The van der Waals surface area contributed by atoms with Crippen molar-refractivity contribution in [1.29, 1.82) is 0 Å². The Morgan fingerprint density at radius 2 is 1.94 bits per heavy atom. The Morgan fingerprint density at radius 3 is 2.62 bits per heavy atom. The van der Waals surface area contributed by atoms with Gasteiger partial charge >= 0.3 is 0 Å². The van der Waals surface area contributed by atoms with Crippen molar-refractivity contribution in [2.24, 2.45) is 0 Å². The number of pyridine rings is 1. The molecule has 0 bridgehead atoms. The maximum atomic E-state index is 13.6. The molecule has 0 unspecified atom stereocenters. The molecular weight excluding hydrogens is 446 g/mol. The number of hydrogen-bond acceptors (Lipinski definition) is 6. The van der Waals surface area contributed by atoms with Crippen molar-refractivity contribution < 1.29 is 14.3 Å². The van der Waals surface area contributed by atoms with E-state index in [0.717, 1.165) is 29.1 Å². The van der Waals surface area contributed by atoms with Crippen LogP contribution in [0.15, 0.2) is 88.7 Å². The second-order valence-corrected chi connectivity index (χ2v) is 9.45. The highest BCUT2D eigenvalue weighted by Gasteiger charge is 2.41. The Kier molecular flexibility index (Phi) is 6.02. The fourth-order valence-electron chi connectivity index (χ4n) is 4.81. The van der Waals surface area contributed by atoms with E-state index in [1.807, 2.05) is 48.7 Å². The summed E-state index contributed by atoms with van der Waals surface area (Å²) in [5.74, 6) is 0.663. The average molecular weight is 472 g/mol. The van der Waals surface area contributed by atoms with Gasteiger partial charge in [-0.2, -0.15) is 0 Å². The van der Waals surface area contributed by atoms with Gasteiger partial charge in [-0.3, -0.25) is 9.59 Å². The number of amides is 1. The van der Waals surface area contributed by atoms with Crippen molar-refractivity contribution in [2.75, 3.05) is 12.4 Å². The van der Waals surface area contributed by atoms with Crippen molar-refractivity contribution >= 4 is 28.8 Å². The summed E-state index contributed by atoms with van der Waals surface area (Å²) in [6.45, 7) is 1.90. The van der Waals surface area contributed by atoms with Gasteiger partial charge in [-0.15, -0.1) is 11.3 Å². The molecule has 6 nitrogen and oxygen atoms in total. The summed E-state index contributed by atoms with van der Waals surface area (Å²) < 4.78 is 5.32. The van der Waals surface area contributed by atoms with E-state index in [4.69, 9.17) is 4.74 Å². The second-order valence-electron chi connectivity index (χ2n) is 8.47. The highest BCUT2D eigenvalue weighted by atomic mass is 32.1. The molecule has 1 aliphatic carbocycles. The summed E-state index contributed by atoms with van der Waals surface area (Å²) in [6.07, 6.45) is 2.80. The Bertz CT molecular complexity index is 1280. The zero-order valence-electron chi connectivity index (χ0n) is 19.0. The lowest BCUT2D eigenvalue weighted by atomic mass is 9.72.